The van der Waals surface area contributed by atoms with Gasteiger partial charge in [-0.2, -0.15) is 4.31 Å². The summed E-state index contributed by atoms with van der Waals surface area (Å²) >= 11 is 0. The lowest BCUT2D eigenvalue weighted by atomic mass is 9.98. The van der Waals surface area contributed by atoms with Crippen LogP contribution in [0, 0.1) is 18.7 Å². The molecule has 0 unspecified atom stereocenters. The average Bonchev–Trinajstić information content (AvgIpc) is 2.93. The van der Waals surface area contributed by atoms with Crippen molar-refractivity contribution in [3.63, 3.8) is 0 Å². The van der Waals surface area contributed by atoms with Crippen molar-refractivity contribution < 1.29 is 12.8 Å². The summed E-state index contributed by atoms with van der Waals surface area (Å²) in [6.07, 6.45) is 5.32. The minimum Gasteiger partial charge on any atom is -0.335 e. The Kier molecular flexibility index (Phi) is 4.50. The Bertz CT molecular complexity index is 780. The van der Waals surface area contributed by atoms with E-state index in [-0.39, 0.29) is 4.90 Å². The Labute approximate surface area is 135 Å². The smallest absolute Gasteiger partial charge is 0.243 e. The summed E-state index contributed by atoms with van der Waals surface area (Å²) in [7, 11) is -3.60. The third kappa shape index (κ3) is 3.45. The van der Waals surface area contributed by atoms with Crippen molar-refractivity contribution in [1.29, 1.82) is 0 Å². The Hall–Kier alpha value is -1.73. The first-order chi connectivity index (χ1) is 11.0. The number of hydrogen-bond acceptors (Lipinski definition) is 3. The molecule has 23 heavy (non-hydrogen) atoms. The number of rotatable bonds is 4. The molecule has 3 rings (SSSR count). The Balaban J connectivity index is 1.65. The third-order valence-corrected chi connectivity index (χ3v) is 6.28. The highest BCUT2D eigenvalue weighted by molar-refractivity contribution is 7.89. The lowest BCUT2D eigenvalue weighted by Gasteiger charge is -2.31. The van der Waals surface area contributed by atoms with Gasteiger partial charge in [0.1, 0.15) is 11.6 Å². The summed E-state index contributed by atoms with van der Waals surface area (Å²) in [4.78, 5) is 4.23. The molecule has 0 radical (unpaired) electrons. The molecule has 1 aliphatic heterocycles. The molecule has 1 fully saturated rings. The van der Waals surface area contributed by atoms with Crippen LogP contribution in [0.1, 0.15) is 18.7 Å². The molecular weight excluding hydrogens is 317 g/mol. The molecule has 7 heteroatoms. The van der Waals surface area contributed by atoms with Crippen LogP contribution >= 0.6 is 0 Å². The van der Waals surface area contributed by atoms with Crippen molar-refractivity contribution in [3.8, 4) is 0 Å². The van der Waals surface area contributed by atoms with Crippen LogP contribution in [0.3, 0.4) is 0 Å². The number of imidazole rings is 1. The van der Waals surface area contributed by atoms with Gasteiger partial charge in [0, 0.05) is 32.0 Å². The summed E-state index contributed by atoms with van der Waals surface area (Å²) in [5.74, 6) is 0.873. The van der Waals surface area contributed by atoms with Gasteiger partial charge in [0.25, 0.3) is 0 Å². The highest BCUT2D eigenvalue weighted by Gasteiger charge is 2.29. The first kappa shape index (κ1) is 16.1. The van der Waals surface area contributed by atoms with Crippen LogP contribution in [-0.2, 0) is 16.6 Å². The Morgan fingerprint density at radius 3 is 2.65 bits per heavy atom. The van der Waals surface area contributed by atoms with E-state index < -0.39 is 15.8 Å². The Morgan fingerprint density at radius 2 is 2.04 bits per heavy atom. The second kappa shape index (κ2) is 6.41. The third-order valence-electron chi connectivity index (χ3n) is 4.39. The predicted molar refractivity (Wildman–Crippen MR) is 84.8 cm³/mol. The number of halogens is 1. The molecule has 0 saturated carbocycles. The zero-order valence-corrected chi connectivity index (χ0v) is 13.8. The van der Waals surface area contributed by atoms with Crippen molar-refractivity contribution >= 4 is 10.0 Å². The largest absolute Gasteiger partial charge is 0.335 e. The molecule has 0 amide bonds. The van der Waals surface area contributed by atoms with Gasteiger partial charge in [-0.3, -0.25) is 0 Å². The fourth-order valence-corrected chi connectivity index (χ4v) is 4.49. The number of aromatic nitrogens is 2. The molecule has 2 aromatic rings. The number of piperidine rings is 1. The maximum Gasteiger partial charge on any atom is 0.243 e. The van der Waals surface area contributed by atoms with Gasteiger partial charge in [0.2, 0.25) is 10.0 Å². The van der Waals surface area contributed by atoms with Crippen LogP contribution in [0.15, 0.2) is 41.6 Å². The number of sulfonamides is 1. The zero-order valence-electron chi connectivity index (χ0n) is 13.0. The van der Waals surface area contributed by atoms with Crippen molar-refractivity contribution in [2.75, 3.05) is 13.1 Å². The molecule has 0 aliphatic carbocycles. The quantitative estimate of drug-likeness (QED) is 0.861. The maximum atomic E-state index is 13.3. The van der Waals surface area contributed by atoms with Gasteiger partial charge in [-0.15, -0.1) is 0 Å². The summed E-state index contributed by atoms with van der Waals surface area (Å²) in [5.41, 5.74) is 0. The summed E-state index contributed by atoms with van der Waals surface area (Å²) in [6.45, 7) is 3.76. The van der Waals surface area contributed by atoms with E-state index in [2.05, 4.69) is 9.55 Å². The van der Waals surface area contributed by atoms with Crippen molar-refractivity contribution in [1.82, 2.24) is 13.9 Å². The normalized spacial score (nSPS) is 17.5. The van der Waals surface area contributed by atoms with Gasteiger partial charge in [-0.1, -0.05) is 6.07 Å². The van der Waals surface area contributed by atoms with Crippen LogP contribution in [0.5, 0.6) is 0 Å². The second-order valence-electron chi connectivity index (χ2n) is 5.93. The second-order valence-corrected chi connectivity index (χ2v) is 7.87. The predicted octanol–water partition coefficient (Wildman–Crippen LogP) is 2.43. The first-order valence-corrected chi connectivity index (χ1v) is 9.14. The molecule has 5 nitrogen and oxygen atoms in total. The van der Waals surface area contributed by atoms with Crippen LogP contribution in [0.4, 0.5) is 4.39 Å². The molecule has 0 spiro atoms. The van der Waals surface area contributed by atoms with Crippen molar-refractivity contribution in [2.24, 2.45) is 5.92 Å². The molecule has 2 heterocycles. The number of nitrogens with zero attached hydrogens (tertiary/aromatic N) is 3. The molecule has 1 aromatic carbocycles. The van der Waals surface area contributed by atoms with Gasteiger partial charge in [0.05, 0.1) is 4.90 Å². The van der Waals surface area contributed by atoms with Crippen LogP contribution in [0.2, 0.25) is 0 Å². The average molecular weight is 337 g/mol. The molecule has 124 valence electrons. The summed E-state index contributed by atoms with van der Waals surface area (Å²) in [6, 6.07) is 5.20. The lowest BCUT2D eigenvalue weighted by Crippen LogP contribution is -2.39. The van der Waals surface area contributed by atoms with E-state index in [0.717, 1.165) is 31.3 Å². The zero-order chi connectivity index (χ0) is 16.4. The SMILES string of the molecule is Cc1nccn1CC1CCN(S(=O)(=O)c2cccc(F)c2)CC1. The number of aryl methyl sites for hydroxylation is 1. The Morgan fingerprint density at radius 1 is 1.30 bits per heavy atom. The summed E-state index contributed by atoms with van der Waals surface area (Å²) < 4.78 is 42.0. The molecule has 1 aromatic heterocycles. The van der Waals surface area contributed by atoms with Gasteiger partial charge in [0.15, 0.2) is 0 Å². The maximum absolute atomic E-state index is 13.3. The van der Waals surface area contributed by atoms with E-state index >= 15 is 0 Å². The molecule has 0 atom stereocenters. The minimum atomic E-state index is -3.60. The fraction of sp³-hybridized carbons (Fsp3) is 0.438. The van der Waals surface area contributed by atoms with Crippen molar-refractivity contribution in [3.05, 3.63) is 48.3 Å². The topological polar surface area (TPSA) is 55.2 Å². The monoisotopic (exact) mass is 337 g/mol. The van der Waals surface area contributed by atoms with Gasteiger partial charge < -0.3 is 4.57 Å². The molecule has 0 bridgehead atoms. The first-order valence-electron chi connectivity index (χ1n) is 7.70. The molecule has 0 N–H and O–H groups in total. The van der Waals surface area contributed by atoms with E-state index in [9.17, 15) is 12.8 Å². The highest BCUT2D eigenvalue weighted by atomic mass is 32.2. The molecule has 1 aliphatic rings. The minimum absolute atomic E-state index is 0.0291. The van der Waals surface area contributed by atoms with E-state index in [1.807, 2.05) is 13.1 Å². The van der Waals surface area contributed by atoms with E-state index in [4.69, 9.17) is 0 Å². The lowest BCUT2D eigenvalue weighted by molar-refractivity contribution is 0.252. The van der Waals surface area contributed by atoms with E-state index in [1.165, 1.54) is 22.5 Å². The fourth-order valence-electron chi connectivity index (χ4n) is 2.98. The molecule has 1 saturated heterocycles. The summed E-state index contributed by atoms with van der Waals surface area (Å²) in [5, 5.41) is 0. The standard InChI is InChI=1S/C16H20FN3O2S/c1-13-18-7-10-19(13)12-14-5-8-20(9-6-14)23(21,22)16-4-2-3-15(17)11-16/h2-4,7,10-11,14H,5-6,8-9,12H2,1H3. The van der Waals surface area contributed by atoms with Gasteiger partial charge in [-0.25, -0.2) is 17.8 Å². The van der Waals surface area contributed by atoms with E-state index in [0.29, 0.717) is 19.0 Å². The van der Waals surface area contributed by atoms with Crippen LogP contribution < -0.4 is 0 Å². The van der Waals surface area contributed by atoms with E-state index in [1.54, 1.807) is 6.20 Å². The number of hydrogen-bond donors (Lipinski definition) is 0. The highest BCUT2D eigenvalue weighted by Crippen LogP contribution is 2.25. The van der Waals surface area contributed by atoms with Crippen molar-refractivity contribution in [2.45, 2.75) is 31.2 Å². The van der Waals surface area contributed by atoms with Crippen LogP contribution in [-0.4, -0.2) is 35.4 Å². The van der Waals surface area contributed by atoms with Crippen LogP contribution in [0.25, 0.3) is 0 Å². The van der Waals surface area contributed by atoms with Gasteiger partial charge in [-0.05, 0) is 43.9 Å². The molecular formula is C16H20FN3O2S. The van der Waals surface area contributed by atoms with Gasteiger partial charge >= 0.3 is 0 Å². The number of benzene rings is 1.